The van der Waals surface area contributed by atoms with Crippen molar-refractivity contribution in [3.63, 3.8) is 0 Å². The first-order valence-corrected chi connectivity index (χ1v) is 9.43. The van der Waals surface area contributed by atoms with Gasteiger partial charge in [-0.15, -0.1) is 0 Å². The minimum absolute atomic E-state index is 0.130. The van der Waals surface area contributed by atoms with Crippen molar-refractivity contribution in [1.29, 1.82) is 0 Å². The number of nitrogens with zero attached hydrogens (tertiary/aromatic N) is 1. The summed E-state index contributed by atoms with van der Waals surface area (Å²) >= 11 is 0. The van der Waals surface area contributed by atoms with Gasteiger partial charge in [0.1, 0.15) is 0 Å². The lowest BCUT2D eigenvalue weighted by molar-refractivity contribution is -0.385. The van der Waals surface area contributed by atoms with Crippen molar-refractivity contribution in [2.45, 2.75) is 13.3 Å². The number of rotatable bonds is 7. The number of anilines is 1. The van der Waals surface area contributed by atoms with E-state index < -0.39 is 10.8 Å². The van der Waals surface area contributed by atoms with E-state index in [1.807, 2.05) is 30.3 Å². The Kier molecular flexibility index (Phi) is 6.54. The Bertz CT molecular complexity index is 1080. The second-order valence-electron chi connectivity index (χ2n) is 6.75. The lowest BCUT2D eigenvalue weighted by Crippen LogP contribution is -2.27. The van der Waals surface area contributed by atoms with Gasteiger partial charge in [0.25, 0.3) is 17.5 Å². The van der Waals surface area contributed by atoms with Gasteiger partial charge in [-0.25, -0.2) is 0 Å². The average molecular weight is 403 g/mol. The quantitative estimate of drug-likeness (QED) is 0.457. The zero-order chi connectivity index (χ0) is 21.5. The maximum atomic E-state index is 12.6. The van der Waals surface area contributed by atoms with Crippen LogP contribution in [0.1, 0.15) is 31.8 Å². The lowest BCUT2D eigenvalue weighted by Gasteiger charge is -2.12. The minimum Gasteiger partial charge on any atom is -0.352 e. The lowest BCUT2D eigenvalue weighted by atomic mass is 10.1. The van der Waals surface area contributed by atoms with Crippen molar-refractivity contribution in [2.24, 2.45) is 0 Å². The van der Waals surface area contributed by atoms with Crippen molar-refractivity contribution in [3.05, 3.63) is 105 Å². The fourth-order valence-electron chi connectivity index (χ4n) is 2.99. The van der Waals surface area contributed by atoms with Crippen LogP contribution in [0.15, 0.2) is 72.8 Å². The number of carbonyl (C=O) groups excluding carboxylic acids is 2. The van der Waals surface area contributed by atoms with Crippen molar-refractivity contribution in [3.8, 4) is 0 Å². The van der Waals surface area contributed by atoms with Crippen LogP contribution in [0.3, 0.4) is 0 Å². The molecular formula is C23H21N3O4. The molecule has 0 fully saturated rings. The molecule has 0 aliphatic heterocycles. The second kappa shape index (κ2) is 9.47. The van der Waals surface area contributed by atoms with Gasteiger partial charge < -0.3 is 10.6 Å². The molecule has 0 saturated heterocycles. The summed E-state index contributed by atoms with van der Waals surface area (Å²) in [6.07, 6.45) is 0.689. The van der Waals surface area contributed by atoms with Gasteiger partial charge in [0.2, 0.25) is 0 Å². The highest BCUT2D eigenvalue weighted by Crippen LogP contribution is 2.21. The fourth-order valence-corrected chi connectivity index (χ4v) is 2.99. The van der Waals surface area contributed by atoms with E-state index in [0.29, 0.717) is 29.8 Å². The predicted octanol–water partition coefficient (Wildman–Crippen LogP) is 4.13. The zero-order valence-corrected chi connectivity index (χ0v) is 16.4. The van der Waals surface area contributed by atoms with Crippen molar-refractivity contribution in [2.75, 3.05) is 11.9 Å². The summed E-state index contributed by atoms with van der Waals surface area (Å²) in [5, 5.41) is 16.7. The third-order valence-electron chi connectivity index (χ3n) is 4.63. The number of para-hydroxylation sites is 1. The molecule has 3 rings (SSSR count). The summed E-state index contributed by atoms with van der Waals surface area (Å²) in [6.45, 7) is 2.06. The molecule has 2 N–H and O–H groups in total. The summed E-state index contributed by atoms with van der Waals surface area (Å²) < 4.78 is 0. The molecule has 0 spiro atoms. The third-order valence-corrected chi connectivity index (χ3v) is 4.63. The number of aryl methyl sites for hydroxylation is 1. The molecule has 7 nitrogen and oxygen atoms in total. The standard InChI is InChI=1S/C23H21N3O4/c1-16-11-12-18(15-21(16)26(29)30)22(27)25-20-10-6-5-9-19(20)23(28)24-14-13-17-7-3-2-4-8-17/h2-12,15H,13-14H2,1H3,(H,24,28)(H,25,27). The molecule has 0 radical (unpaired) electrons. The van der Waals surface area contributed by atoms with Crippen LogP contribution in [0.4, 0.5) is 11.4 Å². The van der Waals surface area contributed by atoms with Gasteiger partial charge in [-0.1, -0.05) is 48.5 Å². The summed E-state index contributed by atoms with van der Waals surface area (Å²) in [7, 11) is 0. The Morgan fingerprint density at radius 2 is 1.63 bits per heavy atom. The minimum atomic E-state index is -0.528. The molecule has 30 heavy (non-hydrogen) atoms. The van der Waals surface area contributed by atoms with E-state index in [2.05, 4.69) is 10.6 Å². The monoisotopic (exact) mass is 403 g/mol. The van der Waals surface area contributed by atoms with Crippen LogP contribution >= 0.6 is 0 Å². The van der Waals surface area contributed by atoms with Gasteiger partial charge >= 0.3 is 0 Å². The van der Waals surface area contributed by atoms with Gasteiger partial charge in [0, 0.05) is 23.7 Å². The van der Waals surface area contributed by atoms with Crippen molar-refractivity contribution in [1.82, 2.24) is 5.32 Å². The van der Waals surface area contributed by atoms with Crippen LogP contribution in [0.25, 0.3) is 0 Å². The smallest absolute Gasteiger partial charge is 0.273 e. The maximum absolute atomic E-state index is 12.6. The maximum Gasteiger partial charge on any atom is 0.273 e. The van der Waals surface area contributed by atoms with E-state index in [-0.39, 0.29) is 17.2 Å². The number of nitrogens with one attached hydrogen (secondary N) is 2. The molecule has 0 heterocycles. The van der Waals surface area contributed by atoms with Crippen LogP contribution in [-0.2, 0) is 6.42 Å². The fraction of sp³-hybridized carbons (Fsp3) is 0.130. The highest BCUT2D eigenvalue weighted by molar-refractivity contribution is 6.09. The van der Waals surface area contributed by atoms with Crippen LogP contribution in [-0.4, -0.2) is 23.3 Å². The molecule has 3 aromatic rings. The average Bonchev–Trinajstić information content (AvgIpc) is 2.75. The molecule has 2 amide bonds. The SMILES string of the molecule is Cc1ccc(C(=O)Nc2ccccc2C(=O)NCCc2ccccc2)cc1[N+](=O)[O-]. The van der Waals surface area contributed by atoms with Crippen LogP contribution < -0.4 is 10.6 Å². The molecule has 7 heteroatoms. The topological polar surface area (TPSA) is 101 Å². The highest BCUT2D eigenvalue weighted by Gasteiger charge is 2.17. The normalized spacial score (nSPS) is 10.3. The molecule has 0 bridgehead atoms. The van der Waals surface area contributed by atoms with Gasteiger partial charge in [0.05, 0.1) is 16.2 Å². The Balaban J connectivity index is 1.70. The third kappa shape index (κ3) is 5.08. The number of nitro benzene ring substituents is 1. The molecule has 0 aliphatic rings. The molecule has 3 aromatic carbocycles. The van der Waals surface area contributed by atoms with Crippen molar-refractivity contribution >= 4 is 23.2 Å². The molecule has 0 aromatic heterocycles. The predicted molar refractivity (Wildman–Crippen MR) is 115 cm³/mol. The van der Waals surface area contributed by atoms with E-state index in [0.717, 1.165) is 5.56 Å². The number of hydrogen-bond acceptors (Lipinski definition) is 4. The highest BCUT2D eigenvalue weighted by atomic mass is 16.6. The number of carbonyl (C=O) groups is 2. The van der Waals surface area contributed by atoms with Crippen LogP contribution in [0, 0.1) is 17.0 Å². The Morgan fingerprint density at radius 3 is 2.37 bits per heavy atom. The molecule has 0 aliphatic carbocycles. The number of nitro groups is 1. The second-order valence-corrected chi connectivity index (χ2v) is 6.75. The Labute approximate surface area is 173 Å². The van der Waals surface area contributed by atoms with E-state index in [1.54, 1.807) is 31.2 Å². The summed E-state index contributed by atoms with van der Waals surface area (Å²) in [5.74, 6) is -0.834. The number of amides is 2. The summed E-state index contributed by atoms with van der Waals surface area (Å²) in [4.78, 5) is 35.8. The molecule has 0 atom stereocenters. The number of hydrogen-bond donors (Lipinski definition) is 2. The van der Waals surface area contributed by atoms with Crippen LogP contribution in [0.5, 0.6) is 0 Å². The largest absolute Gasteiger partial charge is 0.352 e. The molecular weight excluding hydrogens is 382 g/mol. The Hall–Kier alpha value is -4.00. The summed E-state index contributed by atoms with van der Waals surface area (Å²) in [5.41, 5.74) is 2.25. The summed E-state index contributed by atoms with van der Waals surface area (Å²) in [6, 6.07) is 20.7. The first kappa shape index (κ1) is 20.7. The van der Waals surface area contributed by atoms with E-state index in [1.165, 1.54) is 18.2 Å². The first-order chi connectivity index (χ1) is 14.5. The van der Waals surface area contributed by atoms with Gasteiger partial charge in [-0.3, -0.25) is 19.7 Å². The van der Waals surface area contributed by atoms with E-state index in [4.69, 9.17) is 0 Å². The van der Waals surface area contributed by atoms with E-state index in [9.17, 15) is 19.7 Å². The van der Waals surface area contributed by atoms with Gasteiger partial charge in [-0.2, -0.15) is 0 Å². The molecule has 152 valence electrons. The van der Waals surface area contributed by atoms with E-state index >= 15 is 0 Å². The number of benzene rings is 3. The van der Waals surface area contributed by atoms with Crippen molar-refractivity contribution < 1.29 is 14.5 Å². The van der Waals surface area contributed by atoms with Gasteiger partial charge in [-0.05, 0) is 37.1 Å². The Morgan fingerprint density at radius 1 is 0.933 bits per heavy atom. The van der Waals surface area contributed by atoms with Gasteiger partial charge in [0.15, 0.2) is 0 Å². The first-order valence-electron chi connectivity index (χ1n) is 9.43. The molecule has 0 saturated carbocycles. The van der Waals surface area contributed by atoms with Crippen LogP contribution in [0.2, 0.25) is 0 Å². The zero-order valence-electron chi connectivity index (χ0n) is 16.4. The molecule has 0 unspecified atom stereocenters.